The minimum Gasteiger partial charge on any atom is -0.455 e. The molecule has 0 saturated carbocycles. The summed E-state index contributed by atoms with van der Waals surface area (Å²) in [7, 11) is 0. The largest absolute Gasteiger partial charge is 0.455 e. The first-order valence-electron chi connectivity index (χ1n) is 9.81. The second-order valence-electron chi connectivity index (χ2n) is 6.94. The van der Waals surface area contributed by atoms with Crippen molar-refractivity contribution in [2.24, 2.45) is 0 Å². The molecule has 0 unspecified atom stereocenters. The van der Waals surface area contributed by atoms with Crippen LogP contribution >= 0.6 is 0 Å². The molecule has 3 aromatic carbocycles. The van der Waals surface area contributed by atoms with E-state index in [1.807, 2.05) is 85.8 Å². The summed E-state index contributed by atoms with van der Waals surface area (Å²) in [5.74, 6) is 2.41. The standard InChI is InChI=1S/C25H22N2O3/c1-18-11-13-19(14-12-18)23-17-26-25(30-23)16-15-24(28)27-21-9-5-6-10-22(21)29-20-7-3-2-4-8-20/h2-14,17H,15-16H2,1H3,(H,27,28). The van der Waals surface area contributed by atoms with E-state index < -0.39 is 0 Å². The molecule has 1 aromatic heterocycles. The van der Waals surface area contributed by atoms with Gasteiger partial charge < -0.3 is 14.5 Å². The van der Waals surface area contributed by atoms with Crippen molar-refractivity contribution in [2.45, 2.75) is 19.8 Å². The lowest BCUT2D eigenvalue weighted by atomic mass is 10.1. The quantitative estimate of drug-likeness (QED) is 0.414. The normalized spacial score (nSPS) is 10.6. The maximum Gasteiger partial charge on any atom is 0.224 e. The number of hydrogen-bond donors (Lipinski definition) is 1. The van der Waals surface area contributed by atoms with Crippen molar-refractivity contribution in [1.82, 2.24) is 4.98 Å². The Morgan fingerprint density at radius 3 is 2.50 bits per heavy atom. The smallest absolute Gasteiger partial charge is 0.224 e. The number of nitrogens with zero attached hydrogens (tertiary/aromatic N) is 1. The lowest BCUT2D eigenvalue weighted by Crippen LogP contribution is -2.13. The van der Waals surface area contributed by atoms with Crippen LogP contribution < -0.4 is 10.1 Å². The summed E-state index contributed by atoms with van der Waals surface area (Å²) in [6.07, 6.45) is 2.37. The Balaban J connectivity index is 1.36. The minimum absolute atomic E-state index is 0.130. The van der Waals surface area contributed by atoms with Crippen LogP contribution in [0.3, 0.4) is 0 Å². The SMILES string of the molecule is Cc1ccc(-c2cnc(CCC(=O)Nc3ccccc3Oc3ccccc3)o2)cc1. The van der Waals surface area contributed by atoms with E-state index in [9.17, 15) is 4.79 Å². The molecule has 0 saturated heterocycles. The molecule has 150 valence electrons. The van der Waals surface area contributed by atoms with Crippen LogP contribution in [0.1, 0.15) is 17.9 Å². The van der Waals surface area contributed by atoms with E-state index >= 15 is 0 Å². The number of amides is 1. The fourth-order valence-electron chi connectivity index (χ4n) is 2.98. The zero-order valence-electron chi connectivity index (χ0n) is 16.7. The third-order valence-corrected chi connectivity index (χ3v) is 4.59. The van der Waals surface area contributed by atoms with E-state index in [4.69, 9.17) is 9.15 Å². The predicted molar refractivity (Wildman–Crippen MR) is 117 cm³/mol. The molecule has 1 N–H and O–H groups in total. The van der Waals surface area contributed by atoms with Gasteiger partial charge in [-0.1, -0.05) is 60.2 Å². The van der Waals surface area contributed by atoms with Crippen molar-refractivity contribution in [3.05, 3.63) is 96.5 Å². The molecule has 0 aliphatic heterocycles. The highest BCUT2D eigenvalue weighted by Gasteiger charge is 2.11. The lowest BCUT2D eigenvalue weighted by Gasteiger charge is -2.12. The lowest BCUT2D eigenvalue weighted by molar-refractivity contribution is -0.116. The number of hydrogen-bond acceptors (Lipinski definition) is 4. The highest BCUT2D eigenvalue weighted by Crippen LogP contribution is 2.29. The molecule has 1 amide bonds. The van der Waals surface area contributed by atoms with Gasteiger partial charge in [-0.25, -0.2) is 4.98 Å². The first-order valence-corrected chi connectivity index (χ1v) is 9.81. The van der Waals surface area contributed by atoms with Gasteiger partial charge in [-0.15, -0.1) is 0 Å². The van der Waals surface area contributed by atoms with Crippen molar-refractivity contribution in [3.8, 4) is 22.8 Å². The molecule has 1 heterocycles. The number of benzene rings is 3. The first-order chi connectivity index (χ1) is 14.7. The van der Waals surface area contributed by atoms with Gasteiger partial charge in [0.2, 0.25) is 5.91 Å². The third-order valence-electron chi connectivity index (χ3n) is 4.59. The van der Waals surface area contributed by atoms with Gasteiger partial charge in [0.15, 0.2) is 17.4 Å². The van der Waals surface area contributed by atoms with Crippen molar-refractivity contribution in [3.63, 3.8) is 0 Å². The van der Waals surface area contributed by atoms with Gasteiger partial charge in [0.25, 0.3) is 0 Å². The Labute approximate surface area is 175 Å². The van der Waals surface area contributed by atoms with Gasteiger partial charge in [-0.05, 0) is 31.2 Å². The molecule has 0 atom stereocenters. The highest BCUT2D eigenvalue weighted by atomic mass is 16.5. The third kappa shape index (κ3) is 4.94. The van der Waals surface area contributed by atoms with Crippen LogP contribution in [0.25, 0.3) is 11.3 Å². The van der Waals surface area contributed by atoms with E-state index in [2.05, 4.69) is 10.3 Å². The molecule has 0 fully saturated rings. The number of nitrogens with one attached hydrogen (secondary N) is 1. The molecule has 0 radical (unpaired) electrons. The van der Waals surface area contributed by atoms with E-state index in [1.165, 1.54) is 5.56 Å². The number of anilines is 1. The topological polar surface area (TPSA) is 64.4 Å². The minimum atomic E-state index is -0.130. The number of carbonyl (C=O) groups excluding carboxylic acids is 1. The van der Waals surface area contributed by atoms with Crippen LogP contribution in [0, 0.1) is 6.92 Å². The molecular formula is C25H22N2O3. The summed E-state index contributed by atoms with van der Waals surface area (Å²) >= 11 is 0. The first kappa shape index (κ1) is 19.5. The van der Waals surface area contributed by atoms with E-state index in [-0.39, 0.29) is 12.3 Å². The van der Waals surface area contributed by atoms with Gasteiger partial charge in [-0.3, -0.25) is 4.79 Å². The van der Waals surface area contributed by atoms with Gasteiger partial charge >= 0.3 is 0 Å². The van der Waals surface area contributed by atoms with Crippen LogP contribution in [0.4, 0.5) is 5.69 Å². The molecule has 4 rings (SSSR count). The summed E-state index contributed by atoms with van der Waals surface area (Å²) in [6.45, 7) is 2.04. The number of rotatable bonds is 7. The van der Waals surface area contributed by atoms with Gasteiger partial charge in [-0.2, -0.15) is 0 Å². The zero-order valence-corrected chi connectivity index (χ0v) is 16.7. The summed E-state index contributed by atoms with van der Waals surface area (Å²) < 4.78 is 11.7. The number of ether oxygens (including phenoxy) is 1. The number of aromatic nitrogens is 1. The maximum atomic E-state index is 12.5. The molecule has 5 nitrogen and oxygen atoms in total. The maximum absolute atomic E-state index is 12.5. The van der Waals surface area contributed by atoms with Crippen molar-refractivity contribution in [1.29, 1.82) is 0 Å². The number of aryl methyl sites for hydroxylation is 2. The molecule has 0 aliphatic carbocycles. The fourth-order valence-corrected chi connectivity index (χ4v) is 2.98. The van der Waals surface area contributed by atoms with E-state index in [1.54, 1.807) is 6.20 Å². The molecule has 5 heteroatoms. The van der Waals surface area contributed by atoms with Gasteiger partial charge in [0, 0.05) is 18.4 Å². The number of para-hydroxylation sites is 3. The molecular weight excluding hydrogens is 376 g/mol. The van der Waals surface area contributed by atoms with Crippen LogP contribution in [-0.4, -0.2) is 10.9 Å². The van der Waals surface area contributed by atoms with Crippen LogP contribution in [0.15, 0.2) is 89.5 Å². The van der Waals surface area contributed by atoms with Crippen molar-refractivity contribution in [2.75, 3.05) is 5.32 Å². The molecule has 0 aliphatic rings. The fraction of sp³-hybridized carbons (Fsp3) is 0.120. The Kier molecular flexibility index (Phi) is 5.90. The number of oxazole rings is 1. The molecule has 0 spiro atoms. The number of carbonyl (C=O) groups is 1. The molecule has 4 aromatic rings. The van der Waals surface area contributed by atoms with Gasteiger partial charge in [0.1, 0.15) is 5.75 Å². The Hall–Kier alpha value is -3.86. The molecule has 0 bridgehead atoms. The second kappa shape index (κ2) is 9.09. The monoisotopic (exact) mass is 398 g/mol. The van der Waals surface area contributed by atoms with Crippen molar-refractivity contribution >= 4 is 11.6 Å². The van der Waals surface area contributed by atoms with Crippen LogP contribution in [0.2, 0.25) is 0 Å². The summed E-state index contributed by atoms with van der Waals surface area (Å²) in [6, 6.07) is 24.9. The average molecular weight is 398 g/mol. The van der Waals surface area contributed by atoms with Gasteiger partial charge in [0.05, 0.1) is 11.9 Å². The highest BCUT2D eigenvalue weighted by molar-refractivity contribution is 5.92. The van der Waals surface area contributed by atoms with Crippen molar-refractivity contribution < 1.29 is 13.9 Å². The summed E-state index contributed by atoms with van der Waals surface area (Å²) in [5, 5.41) is 2.91. The van der Waals surface area contributed by atoms with Crippen LogP contribution in [0.5, 0.6) is 11.5 Å². The van der Waals surface area contributed by atoms with E-state index in [0.717, 1.165) is 5.56 Å². The summed E-state index contributed by atoms with van der Waals surface area (Å²) in [4.78, 5) is 16.8. The zero-order chi connectivity index (χ0) is 20.8. The second-order valence-corrected chi connectivity index (χ2v) is 6.94. The Morgan fingerprint density at radius 2 is 1.70 bits per heavy atom. The average Bonchev–Trinajstić information content (AvgIpc) is 3.24. The molecule has 30 heavy (non-hydrogen) atoms. The summed E-state index contributed by atoms with van der Waals surface area (Å²) in [5.41, 5.74) is 2.78. The Bertz CT molecular complexity index is 1120. The van der Waals surface area contributed by atoms with E-state index in [0.29, 0.717) is 35.3 Å². The van der Waals surface area contributed by atoms with Crippen LogP contribution in [-0.2, 0) is 11.2 Å². The Morgan fingerprint density at radius 1 is 0.967 bits per heavy atom. The predicted octanol–water partition coefficient (Wildman–Crippen LogP) is 6.01.